The van der Waals surface area contributed by atoms with Crippen LogP contribution in [0.1, 0.15) is 42.1 Å². The number of halogens is 1. The first-order valence-electron chi connectivity index (χ1n) is 13.3. The van der Waals surface area contributed by atoms with Crippen LogP contribution in [0.15, 0.2) is 23.1 Å². The highest BCUT2D eigenvalue weighted by molar-refractivity contribution is 5.93. The average molecular weight is 498 g/mol. The van der Waals surface area contributed by atoms with Gasteiger partial charge in [-0.25, -0.2) is 9.18 Å². The molecule has 5 aliphatic rings. The van der Waals surface area contributed by atoms with Crippen molar-refractivity contribution in [3.8, 4) is 0 Å². The Labute approximate surface area is 210 Å². The zero-order valence-electron chi connectivity index (χ0n) is 21.1. The van der Waals surface area contributed by atoms with Crippen LogP contribution < -0.4 is 15.6 Å². The molecule has 5 heterocycles. The minimum absolute atomic E-state index is 0.152. The number of nitrogens with zero attached hydrogens (tertiary/aromatic N) is 4. The maximum Gasteiger partial charge on any atom is 0.341 e. The summed E-state index contributed by atoms with van der Waals surface area (Å²) in [6.45, 7) is 6.48. The lowest BCUT2D eigenvalue weighted by atomic mass is 10.1. The Morgan fingerprint density at radius 3 is 2.39 bits per heavy atom. The minimum Gasteiger partial charge on any atom is -0.477 e. The molecule has 4 aliphatic heterocycles. The fourth-order valence-electron chi connectivity index (χ4n) is 6.84. The van der Waals surface area contributed by atoms with Gasteiger partial charge in [0, 0.05) is 49.3 Å². The van der Waals surface area contributed by atoms with Gasteiger partial charge in [0.15, 0.2) is 0 Å². The van der Waals surface area contributed by atoms with Crippen molar-refractivity contribution in [3.05, 3.63) is 39.9 Å². The summed E-state index contributed by atoms with van der Waals surface area (Å²) in [5.41, 5.74) is 0.244. The third-order valence-corrected chi connectivity index (χ3v) is 9.16. The van der Waals surface area contributed by atoms with Gasteiger partial charge in [-0.3, -0.25) is 4.79 Å². The number of carbonyl (C=O) groups is 1. The normalized spacial score (nSPS) is 29.9. The van der Waals surface area contributed by atoms with Gasteiger partial charge in [-0.2, -0.15) is 0 Å². The molecule has 2 N–H and O–H groups in total. The Bertz CT molecular complexity index is 1240. The molecule has 1 aliphatic carbocycles. The maximum absolute atomic E-state index is 15.0. The third-order valence-electron chi connectivity index (χ3n) is 9.16. The number of hydrogen-bond donors (Lipinski definition) is 2. The van der Waals surface area contributed by atoms with Gasteiger partial charge in [0.1, 0.15) is 11.4 Å². The zero-order valence-corrected chi connectivity index (χ0v) is 21.1. The van der Waals surface area contributed by atoms with E-state index in [0.29, 0.717) is 23.2 Å². The molecule has 0 spiro atoms. The highest BCUT2D eigenvalue weighted by atomic mass is 19.1. The van der Waals surface area contributed by atoms with Crippen LogP contribution in [-0.2, 0) is 0 Å². The molecule has 0 bridgehead atoms. The molecule has 0 amide bonds. The van der Waals surface area contributed by atoms with Crippen LogP contribution >= 0.6 is 0 Å². The van der Waals surface area contributed by atoms with E-state index in [9.17, 15) is 19.1 Å². The number of anilines is 1. The number of pyridine rings is 1. The first-order valence-corrected chi connectivity index (χ1v) is 13.3. The van der Waals surface area contributed by atoms with Gasteiger partial charge in [0.2, 0.25) is 5.43 Å². The van der Waals surface area contributed by atoms with Crippen LogP contribution in [0.5, 0.6) is 0 Å². The Hall–Kier alpha value is -2.49. The maximum atomic E-state index is 15.0. The van der Waals surface area contributed by atoms with E-state index in [1.54, 1.807) is 6.07 Å². The number of aromatic nitrogens is 1. The van der Waals surface area contributed by atoms with Crippen molar-refractivity contribution in [2.24, 2.45) is 11.8 Å². The quantitative estimate of drug-likeness (QED) is 0.673. The van der Waals surface area contributed by atoms with Crippen LogP contribution in [0, 0.1) is 17.7 Å². The molecule has 194 valence electrons. The average Bonchev–Trinajstić information content (AvgIpc) is 3.15. The van der Waals surface area contributed by atoms with E-state index in [1.807, 2.05) is 4.57 Å². The van der Waals surface area contributed by atoms with Crippen molar-refractivity contribution in [1.82, 2.24) is 19.7 Å². The van der Waals surface area contributed by atoms with E-state index in [0.717, 1.165) is 50.9 Å². The number of carboxylic acid groups (broad SMARTS) is 1. The predicted octanol–water partition coefficient (Wildman–Crippen LogP) is 2.22. The fourth-order valence-corrected chi connectivity index (χ4v) is 6.84. The highest BCUT2D eigenvalue weighted by Crippen LogP contribution is 2.39. The summed E-state index contributed by atoms with van der Waals surface area (Å²) >= 11 is 0. The van der Waals surface area contributed by atoms with Crippen molar-refractivity contribution in [3.63, 3.8) is 0 Å². The predicted molar refractivity (Wildman–Crippen MR) is 138 cm³/mol. The summed E-state index contributed by atoms with van der Waals surface area (Å²) in [7, 11) is 4.35. The van der Waals surface area contributed by atoms with Gasteiger partial charge in [-0.05, 0) is 83.4 Å². The van der Waals surface area contributed by atoms with E-state index in [1.165, 1.54) is 38.3 Å². The number of nitrogens with one attached hydrogen (secondary N) is 1. The molecule has 5 fully saturated rings. The van der Waals surface area contributed by atoms with E-state index < -0.39 is 17.2 Å². The van der Waals surface area contributed by atoms with Crippen LogP contribution in [0.4, 0.5) is 10.1 Å². The second kappa shape index (κ2) is 9.11. The number of hydrogen-bond acceptors (Lipinski definition) is 6. The smallest absolute Gasteiger partial charge is 0.341 e. The monoisotopic (exact) mass is 497 g/mol. The Morgan fingerprint density at radius 2 is 1.72 bits per heavy atom. The van der Waals surface area contributed by atoms with Crippen molar-refractivity contribution in [2.75, 3.05) is 58.3 Å². The molecule has 36 heavy (non-hydrogen) atoms. The lowest BCUT2D eigenvalue weighted by Gasteiger charge is -2.24. The molecule has 7 rings (SSSR count). The molecule has 8 nitrogen and oxygen atoms in total. The van der Waals surface area contributed by atoms with Gasteiger partial charge < -0.3 is 29.7 Å². The van der Waals surface area contributed by atoms with Crippen molar-refractivity contribution in [2.45, 2.75) is 43.8 Å². The van der Waals surface area contributed by atoms with Crippen LogP contribution in [0.3, 0.4) is 0 Å². The van der Waals surface area contributed by atoms with Crippen molar-refractivity contribution in [1.29, 1.82) is 0 Å². The fraction of sp³-hybridized carbons (Fsp3) is 0.630. The third kappa shape index (κ3) is 4.11. The molecule has 4 unspecified atom stereocenters. The van der Waals surface area contributed by atoms with E-state index >= 15 is 0 Å². The van der Waals surface area contributed by atoms with Crippen molar-refractivity contribution < 1.29 is 14.3 Å². The number of likely N-dealkylation sites (tertiary alicyclic amines) is 2. The van der Waals surface area contributed by atoms with Gasteiger partial charge in [0.25, 0.3) is 0 Å². The van der Waals surface area contributed by atoms with Crippen LogP contribution in [-0.4, -0.2) is 90.9 Å². The standard InChI is InChI=1S/C20H22FN3O3.C7H14N2/c1-22-5-4-11-8-23(10-18(11)22)17-7-16-13(6-15(17)21)19(25)14(20(26)27)9-24(16)12-2-3-12;1-9-3-2-6-4-8-5-7(6)9/h6-7,9,11-12,18H,2-5,8,10H2,1H3,(H,26,27);6-8H,2-5H2,1H3. The molecular weight excluding hydrogens is 461 g/mol. The molecule has 9 heteroatoms. The summed E-state index contributed by atoms with van der Waals surface area (Å²) in [6, 6.07) is 4.48. The number of fused-ring (bicyclic) bond motifs is 3. The molecular formula is C27H36FN5O3. The molecule has 1 aromatic carbocycles. The summed E-state index contributed by atoms with van der Waals surface area (Å²) in [5, 5.41) is 12.9. The summed E-state index contributed by atoms with van der Waals surface area (Å²) < 4.78 is 16.8. The zero-order chi connectivity index (χ0) is 25.1. The van der Waals surface area contributed by atoms with Gasteiger partial charge in [-0.1, -0.05) is 0 Å². The molecule has 2 aromatic rings. The van der Waals surface area contributed by atoms with E-state index in [-0.39, 0.29) is 17.0 Å². The van der Waals surface area contributed by atoms with Crippen LogP contribution in [0.25, 0.3) is 10.9 Å². The molecule has 0 radical (unpaired) electrons. The lowest BCUT2D eigenvalue weighted by molar-refractivity contribution is 0.0695. The van der Waals surface area contributed by atoms with E-state index in [4.69, 9.17) is 0 Å². The first-order chi connectivity index (χ1) is 17.3. The van der Waals surface area contributed by atoms with Gasteiger partial charge in [-0.15, -0.1) is 0 Å². The number of carboxylic acids is 1. The molecule has 4 saturated heterocycles. The molecule has 4 atom stereocenters. The number of aromatic carboxylic acids is 1. The van der Waals surface area contributed by atoms with Gasteiger partial charge >= 0.3 is 5.97 Å². The van der Waals surface area contributed by atoms with E-state index in [2.05, 4.69) is 34.1 Å². The summed E-state index contributed by atoms with van der Waals surface area (Å²) in [6.07, 6.45) is 5.86. The minimum atomic E-state index is -1.27. The molecule has 1 saturated carbocycles. The Morgan fingerprint density at radius 1 is 1.00 bits per heavy atom. The number of rotatable bonds is 3. The topological polar surface area (TPSA) is 81.0 Å². The van der Waals surface area contributed by atoms with Crippen LogP contribution in [0.2, 0.25) is 0 Å². The lowest BCUT2D eigenvalue weighted by Crippen LogP contribution is -2.32. The van der Waals surface area contributed by atoms with Crippen molar-refractivity contribution >= 4 is 22.6 Å². The Kier molecular flexibility index (Phi) is 6.05. The number of benzene rings is 1. The highest BCUT2D eigenvalue weighted by Gasteiger charge is 2.40. The number of likely N-dealkylation sites (N-methyl/N-ethyl adjacent to an activating group) is 2. The molecule has 1 aromatic heterocycles. The largest absolute Gasteiger partial charge is 0.477 e. The Balaban J connectivity index is 0.000000223. The second-order valence-corrected chi connectivity index (χ2v) is 11.4. The summed E-state index contributed by atoms with van der Waals surface area (Å²) in [4.78, 5) is 30.9. The van der Waals surface area contributed by atoms with Gasteiger partial charge in [0.05, 0.1) is 11.2 Å². The SMILES string of the molecule is CN1CCC2CN(c3cc4c(cc3F)c(=O)c(C(=O)O)cn4C3CC3)CC21.CN1CCC2CNCC21. The summed E-state index contributed by atoms with van der Waals surface area (Å²) in [5.74, 6) is -0.205. The first kappa shape index (κ1) is 23.9. The second-order valence-electron chi connectivity index (χ2n) is 11.4.